The summed E-state index contributed by atoms with van der Waals surface area (Å²) in [7, 11) is 1.87. The molecule has 1 aliphatic carbocycles. The summed E-state index contributed by atoms with van der Waals surface area (Å²) in [5.74, 6) is 1.80. The van der Waals surface area contributed by atoms with Gasteiger partial charge in [-0.1, -0.05) is 0 Å². The number of amides is 1. The molecule has 3 aromatic heterocycles. The van der Waals surface area contributed by atoms with E-state index in [1.165, 1.54) is 12.8 Å². The normalized spacial score (nSPS) is 17.1. The van der Waals surface area contributed by atoms with Crippen molar-refractivity contribution in [2.24, 2.45) is 18.9 Å². The Hall–Kier alpha value is -3.00. The third kappa shape index (κ3) is 4.54. The number of rotatable bonds is 7. The summed E-state index contributed by atoms with van der Waals surface area (Å²) in [6, 6.07) is 3.85. The van der Waals surface area contributed by atoms with Crippen molar-refractivity contribution in [3.63, 3.8) is 0 Å². The van der Waals surface area contributed by atoms with E-state index in [1.54, 1.807) is 10.9 Å². The molecule has 8 heteroatoms. The quantitative estimate of drug-likeness (QED) is 0.635. The first kappa shape index (κ1) is 19.9. The highest BCUT2D eigenvalue weighted by Crippen LogP contribution is 2.32. The van der Waals surface area contributed by atoms with E-state index < -0.39 is 0 Å². The van der Waals surface area contributed by atoms with Crippen LogP contribution in [0, 0.1) is 11.8 Å². The van der Waals surface area contributed by atoms with E-state index in [4.69, 9.17) is 4.74 Å². The summed E-state index contributed by atoms with van der Waals surface area (Å²) in [5.41, 5.74) is 3.45. The molecule has 4 heterocycles. The molecule has 1 aliphatic heterocycles. The molecule has 1 amide bonds. The van der Waals surface area contributed by atoms with Crippen molar-refractivity contribution in [1.82, 2.24) is 29.6 Å². The Morgan fingerprint density at radius 3 is 2.58 bits per heavy atom. The number of ether oxygens (including phenoxy) is 1. The number of nitrogens with one attached hydrogen (secondary N) is 1. The molecule has 0 radical (unpaired) electrons. The Morgan fingerprint density at radius 2 is 1.90 bits per heavy atom. The Morgan fingerprint density at radius 1 is 1.13 bits per heavy atom. The van der Waals surface area contributed by atoms with Gasteiger partial charge >= 0.3 is 0 Å². The Bertz CT molecular complexity index is 1040. The molecule has 31 heavy (non-hydrogen) atoms. The van der Waals surface area contributed by atoms with Crippen LogP contribution in [-0.2, 0) is 18.3 Å². The summed E-state index contributed by atoms with van der Waals surface area (Å²) in [5, 5.41) is 7.32. The molecule has 0 unspecified atom stereocenters. The van der Waals surface area contributed by atoms with Crippen molar-refractivity contribution in [2.75, 3.05) is 19.8 Å². The molecular formula is C23H28N6O2. The van der Waals surface area contributed by atoms with Crippen molar-refractivity contribution in [3.05, 3.63) is 42.6 Å². The van der Waals surface area contributed by atoms with Gasteiger partial charge in [0, 0.05) is 69.3 Å². The van der Waals surface area contributed by atoms with Crippen LogP contribution < -0.4 is 5.32 Å². The second-order valence-electron chi connectivity index (χ2n) is 8.61. The summed E-state index contributed by atoms with van der Waals surface area (Å²) in [6.07, 6.45) is 11.9. The molecule has 3 aromatic rings. The molecule has 1 saturated heterocycles. The van der Waals surface area contributed by atoms with E-state index in [-0.39, 0.29) is 5.91 Å². The Labute approximate surface area is 181 Å². The molecule has 1 N–H and O–H groups in total. The molecule has 1 saturated carbocycles. The van der Waals surface area contributed by atoms with Gasteiger partial charge in [0.15, 0.2) is 5.82 Å². The number of hydrogen-bond acceptors (Lipinski definition) is 5. The largest absolute Gasteiger partial charge is 0.381 e. The van der Waals surface area contributed by atoms with Crippen molar-refractivity contribution in [3.8, 4) is 22.6 Å². The van der Waals surface area contributed by atoms with E-state index in [9.17, 15) is 4.79 Å². The average Bonchev–Trinajstić information content (AvgIpc) is 3.35. The highest BCUT2D eigenvalue weighted by Gasteiger charge is 2.25. The molecule has 0 bridgehead atoms. The van der Waals surface area contributed by atoms with Gasteiger partial charge in [0.05, 0.1) is 0 Å². The fraction of sp³-hybridized carbons (Fsp3) is 0.478. The fourth-order valence-electron chi connectivity index (χ4n) is 4.07. The van der Waals surface area contributed by atoms with Crippen LogP contribution in [0.25, 0.3) is 22.6 Å². The topological polar surface area (TPSA) is 86.9 Å². The van der Waals surface area contributed by atoms with E-state index >= 15 is 0 Å². The summed E-state index contributed by atoms with van der Waals surface area (Å²) < 4.78 is 9.27. The van der Waals surface area contributed by atoms with Gasteiger partial charge in [0.1, 0.15) is 11.4 Å². The lowest BCUT2D eigenvalue weighted by molar-refractivity contribution is 0.0641. The van der Waals surface area contributed by atoms with Gasteiger partial charge in [-0.25, -0.2) is 9.97 Å². The van der Waals surface area contributed by atoms with Gasteiger partial charge < -0.3 is 14.6 Å². The first-order chi connectivity index (χ1) is 15.2. The van der Waals surface area contributed by atoms with Gasteiger partial charge in [-0.3, -0.25) is 9.48 Å². The zero-order valence-electron chi connectivity index (χ0n) is 17.8. The second-order valence-corrected chi connectivity index (χ2v) is 8.61. The smallest absolute Gasteiger partial charge is 0.267 e. The van der Waals surface area contributed by atoms with Crippen LogP contribution >= 0.6 is 0 Å². The maximum atomic E-state index is 13.0. The number of carbonyl (C=O) groups excluding carboxylic acids is 1. The van der Waals surface area contributed by atoms with Gasteiger partial charge in [-0.2, -0.15) is 5.10 Å². The van der Waals surface area contributed by atoms with E-state index in [2.05, 4.69) is 31.1 Å². The predicted molar refractivity (Wildman–Crippen MR) is 116 cm³/mol. The fourth-order valence-corrected chi connectivity index (χ4v) is 4.07. The molecular weight excluding hydrogens is 392 g/mol. The average molecular weight is 421 g/mol. The Balaban J connectivity index is 1.34. The highest BCUT2D eigenvalue weighted by atomic mass is 16.5. The van der Waals surface area contributed by atoms with Crippen molar-refractivity contribution < 1.29 is 9.53 Å². The first-order valence-electron chi connectivity index (χ1n) is 11.0. The zero-order chi connectivity index (χ0) is 21.2. The second kappa shape index (κ2) is 8.63. The van der Waals surface area contributed by atoms with Crippen molar-refractivity contribution in [2.45, 2.75) is 32.2 Å². The molecule has 0 atom stereocenters. The number of hydrogen-bond donors (Lipinski definition) is 1. The van der Waals surface area contributed by atoms with Gasteiger partial charge in [0.2, 0.25) is 0 Å². The third-order valence-corrected chi connectivity index (χ3v) is 6.21. The molecule has 0 aromatic carbocycles. The predicted octanol–water partition coefficient (Wildman–Crippen LogP) is 2.91. The summed E-state index contributed by atoms with van der Waals surface area (Å²) in [6.45, 7) is 3.16. The Kier molecular flexibility index (Phi) is 5.55. The monoisotopic (exact) mass is 420 g/mol. The van der Waals surface area contributed by atoms with Crippen LogP contribution in [-0.4, -0.2) is 50.0 Å². The van der Waals surface area contributed by atoms with Crippen molar-refractivity contribution in [1.29, 1.82) is 0 Å². The first-order valence-corrected chi connectivity index (χ1v) is 11.0. The minimum absolute atomic E-state index is 0.00850. The lowest BCUT2D eigenvalue weighted by atomic mass is 10.0. The third-order valence-electron chi connectivity index (χ3n) is 6.21. The number of aromatic nitrogens is 5. The minimum Gasteiger partial charge on any atom is -0.381 e. The highest BCUT2D eigenvalue weighted by molar-refractivity contribution is 5.94. The van der Waals surface area contributed by atoms with Gasteiger partial charge in [0.25, 0.3) is 5.91 Å². The van der Waals surface area contributed by atoms with Crippen LogP contribution in [0.1, 0.15) is 36.2 Å². The molecule has 5 rings (SSSR count). The molecule has 2 aliphatic rings. The number of nitrogens with zero attached hydrogens (tertiary/aromatic N) is 5. The standard InChI is InChI=1S/C23H28N6O2/c1-28-20(4-7-27-28)22-24-12-19(13-25-22)18-10-21(29(15-18)14-17-2-3-17)23(30)26-11-16-5-8-31-9-6-16/h4,7,10,12-13,15-17H,2-3,5-6,8-9,11,14H2,1H3,(H,26,30). The van der Waals surface area contributed by atoms with E-state index in [0.29, 0.717) is 29.9 Å². The van der Waals surface area contributed by atoms with Crippen LogP contribution in [0.3, 0.4) is 0 Å². The molecule has 2 fully saturated rings. The maximum Gasteiger partial charge on any atom is 0.267 e. The van der Waals surface area contributed by atoms with Crippen LogP contribution in [0.15, 0.2) is 36.9 Å². The number of carbonyl (C=O) groups is 1. The SMILES string of the molecule is Cn1nccc1-c1ncc(-c2cc(C(=O)NCC3CCOCC3)n(CC3CC3)c2)cn1. The van der Waals surface area contributed by atoms with Crippen LogP contribution in [0.2, 0.25) is 0 Å². The maximum absolute atomic E-state index is 13.0. The van der Waals surface area contributed by atoms with Crippen LogP contribution in [0.4, 0.5) is 0 Å². The number of aryl methyl sites for hydroxylation is 1. The summed E-state index contributed by atoms with van der Waals surface area (Å²) >= 11 is 0. The molecule has 0 spiro atoms. The lowest BCUT2D eigenvalue weighted by Gasteiger charge is -2.22. The van der Waals surface area contributed by atoms with Crippen LogP contribution in [0.5, 0.6) is 0 Å². The van der Waals surface area contributed by atoms with Gasteiger partial charge in [-0.05, 0) is 49.7 Å². The minimum atomic E-state index is -0.00850. The van der Waals surface area contributed by atoms with Crippen molar-refractivity contribution >= 4 is 5.91 Å². The van der Waals surface area contributed by atoms with E-state index in [1.807, 2.05) is 31.6 Å². The zero-order valence-corrected chi connectivity index (χ0v) is 17.8. The molecule has 8 nitrogen and oxygen atoms in total. The molecule has 162 valence electrons. The lowest BCUT2D eigenvalue weighted by Crippen LogP contribution is -2.33. The van der Waals surface area contributed by atoms with Gasteiger partial charge in [-0.15, -0.1) is 0 Å². The summed E-state index contributed by atoms with van der Waals surface area (Å²) in [4.78, 5) is 22.0. The van der Waals surface area contributed by atoms with E-state index in [0.717, 1.165) is 49.4 Å².